The third-order valence-corrected chi connectivity index (χ3v) is 4.38. The van der Waals surface area contributed by atoms with E-state index in [-0.39, 0.29) is 32.8 Å². The van der Waals surface area contributed by atoms with Gasteiger partial charge in [0.05, 0.1) is 10.7 Å². The van der Waals surface area contributed by atoms with E-state index in [9.17, 15) is 13.5 Å². The highest BCUT2D eigenvalue weighted by Gasteiger charge is 2.25. The van der Waals surface area contributed by atoms with Gasteiger partial charge in [-0.15, -0.1) is 0 Å². The van der Waals surface area contributed by atoms with Crippen molar-refractivity contribution in [3.8, 4) is 5.75 Å². The molecular weight excluding hydrogens is 292 g/mol. The van der Waals surface area contributed by atoms with Crippen LogP contribution in [0.3, 0.4) is 0 Å². The lowest BCUT2D eigenvalue weighted by molar-refractivity contribution is 0.390. The fourth-order valence-corrected chi connectivity index (χ4v) is 3.22. The molecule has 0 saturated heterocycles. The van der Waals surface area contributed by atoms with E-state index in [4.69, 9.17) is 16.1 Å². The first-order chi connectivity index (χ1) is 8.83. The summed E-state index contributed by atoms with van der Waals surface area (Å²) in [7, 11) is -3.90. The van der Waals surface area contributed by atoms with Gasteiger partial charge in [-0.3, -0.25) is 4.72 Å². The number of aryl methyl sites for hydroxylation is 2. The number of nitrogens with zero attached hydrogens (tertiary/aromatic N) is 1. The van der Waals surface area contributed by atoms with Gasteiger partial charge in [-0.05, 0) is 26.0 Å². The number of aromatic nitrogens is 1. The predicted molar refractivity (Wildman–Crippen MR) is 69.9 cm³/mol. The number of benzene rings is 1. The summed E-state index contributed by atoms with van der Waals surface area (Å²) >= 11 is 5.71. The van der Waals surface area contributed by atoms with Gasteiger partial charge in [-0.2, -0.15) is 0 Å². The molecule has 2 rings (SSSR count). The Morgan fingerprint density at radius 1 is 1.37 bits per heavy atom. The van der Waals surface area contributed by atoms with Crippen LogP contribution in [0.2, 0.25) is 5.02 Å². The average molecular weight is 303 g/mol. The summed E-state index contributed by atoms with van der Waals surface area (Å²) in [6, 6.07) is 4.37. The SMILES string of the molecule is Cc1noc(C)c1S(=O)(=O)Nc1cccc(Cl)c1O. The van der Waals surface area contributed by atoms with Crippen molar-refractivity contribution in [1.29, 1.82) is 0 Å². The monoisotopic (exact) mass is 302 g/mol. The number of nitrogens with one attached hydrogen (secondary N) is 1. The van der Waals surface area contributed by atoms with Crippen molar-refractivity contribution < 1.29 is 18.0 Å². The van der Waals surface area contributed by atoms with Crippen molar-refractivity contribution in [2.24, 2.45) is 0 Å². The normalized spacial score (nSPS) is 11.5. The lowest BCUT2D eigenvalue weighted by Gasteiger charge is -2.09. The Hall–Kier alpha value is -1.73. The molecular formula is C11H11ClN2O4S. The van der Waals surface area contributed by atoms with Crippen molar-refractivity contribution in [2.75, 3.05) is 4.72 Å². The first kappa shape index (κ1) is 13.7. The summed E-state index contributed by atoms with van der Waals surface area (Å²) in [4.78, 5) is -0.0492. The Bertz CT molecular complexity index is 705. The number of phenolic OH excluding ortho intramolecular Hbond substituents is 1. The number of anilines is 1. The number of sulfonamides is 1. The van der Waals surface area contributed by atoms with Crippen molar-refractivity contribution in [1.82, 2.24) is 5.16 Å². The Morgan fingerprint density at radius 3 is 2.63 bits per heavy atom. The van der Waals surface area contributed by atoms with Crippen molar-refractivity contribution in [3.63, 3.8) is 0 Å². The van der Waals surface area contributed by atoms with Crippen LogP contribution in [0.15, 0.2) is 27.6 Å². The molecule has 1 aromatic carbocycles. The van der Waals surface area contributed by atoms with Crippen molar-refractivity contribution in [3.05, 3.63) is 34.7 Å². The van der Waals surface area contributed by atoms with Gasteiger partial charge < -0.3 is 9.63 Å². The summed E-state index contributed by atoms with van der Waals surface area (Å²) in [6.07, 6.45) is 0. The topological polar surface area (TPSA) is 92.4 Å². The summed E-state index contributed by atoms with van der Waals surface area (Å²) in [5, 5.41) is 13.3. The van der Waals surface area contributed by atoms with E-state index in [0.29, 0.717) is 0 Å². The molecule has 19 heavy (non-hydrogen) atoms. The Morgan fingerprint density at radius 2 is 2.05 bits per heavy atom. The van der Waals surface area contributed by atoms with Crippen LogP contribution in [-0.4, -0.2) is 18.7 Å². The van der Waals surface area contributed by atoms with Crippen LogP contribution in [0.1, 0.15) is 11.5 Å². The van der Waals surface area contributed by atoms with E-state index < -0.39 is 10.0 Å². The summed E-state index contributed by atoms with van der Waals surface area (Å²) in [5.41, 5.74) is 0.235. The summed E-state index contributed by atoms with van der Waals surface area (Å²) in [6.45, 7) is 3.01. The third kappa shape index (κ3) is 2.52. The maximum absolute atomic E-state index is 12.2. The van der Waals surface area contributed by atoms with E-state index >= 15 is 0 Å². The van der Waals surface area contributed by atoms with Gasteiger partial charge in [0, 0.05) is 0 Å². The molecule has 0 atom stereocenters. The van der Waals surface area contributed by atoms with E-state index in [0.717, 1.165) is 0 Å². The molecule has 8 heteroatoms. The largest absolute Gasteiger partial charge is 0.504 e. The zero-order chi connectivity index (χ0) is 14.2. The molecule has 102 valence electrons. The molecule has 1 aromatic heterocycles. The molecule has 0 fully saturated rings. The highest BCUT2D eigenvalue weighted by Crippen LogP contribution is 2.33. The van der Waals surface area contributed by atoms with Gasteiger partial charge in [0.15, 0.2) is 16.4 Å². The van der Waals surface area contributed by atoms with Gasteiger partial charge in [0.1, 0.15) is 5.69 Å². The molecule has 0 aliphatic heterocycles. The lowest BCUT2D eigenvalue weighted by Crippen LogP contribution is -2.14. The zero-order valence-electron chi connectivity index (χ0n) is 10.1. The number of phenols is 1. The van der Waals surface area contributed by atoms with Crippen molar-refractivity contribution >= 4 is 27.3 Å². The van der Waals surface area contributed by atoms with Gasteiger partial charge in [-0.25, -0.2) is 8.42 Å². The van der Waals surface area contributed by atoms with Gasteiger partial charge in [0.2, 0.25) is 0 Å². The molecule has 0 saturated carbocycles. The predicted octanol–water partition coefficient (Wildman–Crippen LogP) is 2.45. The summed E-state index contributed by atoms with van der Waals surface area (Å²) in [5.74, 6) is -0.161. The molecule has 0 aliphatic carbocycles. The quantitative estimate of drug-likeness (QED) is 0.850. The maximum atomic E-state index is 12.2. The smallest absolute Gasteiger partial charge is 0.267 e. The molecule has 1 heterocycles. The molecule has 0 aliphatic rings. The molecule has 0 bridgehead atoms. The average Bonchev–Trinajstić information content (AvgIpc) is 2.65. The number of halogens is 1. The molecule has 2 N–H and O–H groups in total. The van der Waals surface area contributed by atoms with Crippen LogP contribution >= 0.6 is 11.6 Å². The number of hydrogen-bond acceptors (Lipinski definition) is 5. The molecule has 0 amide bonds. The molecule has 0 unspecified atom stereocenters. The van der Waals surface area contributed by atoms with Crippen LogP contribution in [0.5, 0.6) is 5.75 Å². The van der Waals surface area contributed by atoms with Crippen LogP contribution in [-0.2, 0) is 10.0 Å². The second kappa shape index (κ2) is 4.75. The first-order valence-electron chi connectivity index (χ1n) is 5.26. The Balaban J connectivity index is 2.46. The van der Waals surface area contributed by atoms with Crippen LogP contribution in [0.4, 0.5) is 5.69 Å². The number of aromatic hydroxyl groups is 1. The number of hydrogen-bond donors (Lipinski definition) is 2. The summed E-state index contributed by atoms with van der Waals surface area (Å²) < 4.78 is 31.5. The minimum atomic E-state index is -3.90. The fraction of sp³-hybridized carbons (Fsp3) is 0.182. The van der Waals surface area contributed by atoms with Gasteiger partial charge in [-0.1, -0.05) is 22.8 Å². The second-order valence-corrected chi connectivity index (χ2v) is 5.92. The van der Waals surface area contributed by atoms with E-state index in [1.807, 2.05) is 0 Å². The molecule has 2 aromatic rings. The standard InChI is InChI=1S/C11H11ClN2O4S/c1-6-11(7(2)18-13-6)19(16,17)14-9-5-3-4-8(12)10(9)15/h3-5,14-15H,1-2H3. The molecule has 0 radical (unpaired) electrons. The van der Waals surface area contributed by atoms with E-state index in [1.54, 1.807) is 0 Å². The maximum Gasteiger partial charge on any atom is 0.267 e. The molecule has 0 spiro atoms. The van der Waals surface area contributed by atoms with E-state index in [1.165, 1.54) is 32.0 Å². The Kier molecular flexibility index (Phi) is 3.42. The number of rotatable bonds is 3. The van der Waals surface area contributed by atoms with Crippen LogP contribution in [0.25, 0.3) is 0 Å². The lowest BCUT2D eigenvalue weighted by atomic mass is 10.3. The minimum absolute atomic E-state index is 0.00694. The highest BCUT2D eigenvalue weighted by atomic mass is 35.5. The van der Waals surface area contributed by atoms with Crippen molar-refractivity contribution in [2.45, 2.75) is 18.7 Å². The van der Waals surface area contributed by atoms with Crippen LogP contribution in [0, 0.1) is 13.8 Å². The highest BCUT2D eigenvalue weighted by molar-refractivity contribution is 7.92. The fourth-order valence-electron chi connectivity index (χ4n) is 1.65. The third-order valence-electron chi connectivity index (χ3n) is 2.47. The zero-order valence-corrected chi connectivity index (χ0v) is 11.7. The van der Waals surface area contributed by atoms with E-state index in [2.05, 4.69) is 9.88 Å². The first-order valence-corrected chi connectivity index (χ1v) is 7.12. The minimum Gasteiger partial charge on any atom is -0.504 e. The van der Waals surface area contributed by atoms with Crippen LogP contribution < -0.4 is 4.72 Å². The van der Waals surface area contributed by atoms with Gasteiger partial charge in [0.25, 0.3) is 10.0 Å². The Labute approximate surface area is 115 Å². The molecule has 6 nitrogen and oxygen atoms in total. The van der Waals surface area contributed by atoms with Gasteiger partial charge >= 0.3 is 0 Å². The number of para-hydroxylation sites is 1. The second-order valence-electron chi connectivity index (χ2n) is 3.89.